The predicted octanol–water partition coefficient (Wildman–Crippen LogP) is 1.34. The van der Waals surface area contributed by atoms with Gasteiger partial charge in [-0.05, 0) is 18.2 Å². The standard InChI is InChI=1S/C13H14O6/c1-17-8-4-5-12(18-2)9(6-8)10(14)7-11(15)13(16)19-3/h4-7,14H,1-3H3/b10-7-. The molecule has 1 aromatic rings. The smallest absolute Gasteiger partial charge is 0.378 e. The number of aliphatic hydroxyl groups excluding tert-OH is 1. The summed E-state index contributed by atoms with van der Waals surface area (Å²) in [7, 11) is 3.96. The fraction of sp³-hybridized carbons (Fsp3) is 0.231. The van der Waals surface area contributed by atoms with Gasteiger partial charge in [-0.1, -0.05) is 0 Å². The first-order valence-corrected chi connectivity index (χ1v) is 5.28. The number of methoxy groups -OCH3 is 3. The van der Waals surface area contributed by atoms with Gasteiger partial charge in [0.25, 0.3) is 5.78 Å². The first-order chi connectivity index (χ1) is 9.03. The Bertz CT molecular complexity index is 518. The van der Waals surface area contributed by atoms with Crippen LogP contribution in [0.5, 0.6) is 11.5 Å². The normalized spacial score (nSPS) is 10.8. The monoisotopic (exact) mass is 266 g/mol. The van der Waals surface area contributed by atoms with Crippen molar-refractivity contribution in [3.63, 3.8) is 0 Å². The Labute approximate surface area is 110 Å². The van der Waals surface area contributed by atoms with Crippen molar-refractivity contribution in [3.8, 4) is 11.5 Å². The zero-order valence-electron chi connectivity index (χ0n) is 10.8. The number of ether oxygens (including phenoxy) is 3. The van der Waals surface area contributed by atoms with Crippen molar-refractivity contribution in [1.82, 2.24) is 0 Å². The molecule has 19 heavy (non-hydrogen) atoms. The lowest BCUT2D eigenvalue weighted by atomic mass is 10.1. The molecule has 6 nitrogen and oxygen atoms in total. The molecule has 102 valence electrons. The second-order valence-corrected chi connectivity index (χ2v) is 3.45. The number of carbonyl (C=O) groups is 2. The van der Waals surface area contributed by atoms with Crippen molar-refractivity contribution in [2.75, 3.05) is 21.3 Å². The van der Waals surface area contributed by atoms with E-state index in [1.165, 1.54) is 20.3 Å². The van der Waals surface area contributed by atoms with Gasteiger partial charge in [-0.15, -0.1) is 0 Å². The van der Waals surface area contributed by atoms with Crippen molar-refractivity contribution < 1.29 is 28.9 Å². The number of hydrogen-bond donors (Lipinski definition) is 1. The molecule has 0 spiro atoms. The minimum atomic E-state index is -1.06. The minimum absolute atomic E-state index is 0.235. The summed E-state index contributed by atoms with van der Waals surface area (Å²) in [4.78, 5) is 22.3. The van der Waals surface area contributed by atoms with Crippen LogP contribution in [0.4, 0.5) is 0 Å². The molecule has 0 heterocycles. The highest BCUT2D eigenvalue weighted by Gasteiger charge is 2.15. The van der Waals surface area contributed by atoms with E-state index in [9.17, 15) is 14.7 Å². The summed E-state index contributed by atoms with van der Waals surface area (Å²) < 4.78 is 14.3. The summed E-state index contributed by atoms with van der Waals surface area (Å²) in [5, 5.41) is 9.86. The Morgan fingerprint density at radius 2 is 1.84 bits per heavy atom. The molecule has 0 unspecified atom stereocenters. The molecule has 0 aliphatic heterocycles. The van der Waals surface area contributed by atoms with Gasteiger partial charge in [-0.3, -0.25) is 4.79 Å². The maximum absolute atomic E-state index is 11.3. The van der Waals surface area contributed by atoms with Gasteiger partial charge in [0.15, 0.2) is 0 Å². The molecular formula is C13H14O6. The molecule has 0 atom stereocenters. The number of ketones is 1. The molecule has 0 aliphatic carbocycles. The molecule has 0 saturated heterocycles. The van der Waals surface area contributed by atoms with Crippen LogP contribution >= 0.6 is 0 Å². The Hall–Kier alpha value is -2.50. The Morgan fingerprint density at radius 3 is 2.37 bits per heavy atom. The number of aliphatic hydroxyl groups is 1. The highest BCUT2D eigenvalue weighted by molar-refractivity contribution is 6.39. The van der Waals surface area contributed by atoms with Crippen LogP contribution in [0.25, 0.3) is 5.76 Å². The van der Waals surface area contributed by atoms with Crippen LogP contribution < -0.4 is 9.47 Å². The molecule has 0 aromatic heterocycles. The highest BCUT2D eigenvalue weighted by Crippen LogP contribution is 2.28. The topological polar surface area (TPSA) is 82.1 Å². The fourth-order valence-electron chi connectivity index (χ4n) is 1.38. The summed E-state index contributed by atoms with van der Waals surface area (Å²) in [6, 6.07) is 4.69. The van der Waals surface area contributed by atoms with Crippen molar-refractivity contribution >= 4 is 17.5 Å². The third-order valence-corrected chi connectivity index (χ3v) is 2.34. The van der Waals surface area contributed by atoms with Crippen LogP contribution in [0.15, 0.2) is 24.3 Å². The van der Waals surface area contributed by atoms with E-state index in [2.05, 4.69) is 4.74 Å². The molecule has 0 bridgehead atoms. The largest absolute Gasteiger partial charge is 0.507 e. The van der Waals surface area contributed by atoms with E-state index in [0.29, 0.717) is 11.5 Å². The maximum Gasteiger partial charge on any atom is 0.378 e. The number of hydrogen-bond acceptors (Lipinski definition) is 6. The van der Waals surface area contributed by atoms with Gasteiger partial charge in [0.05, 0.1) is 26.9 Å². The summed E-state index contributed by atoms with van der Waals surface area (Å²) in [5.41, 5.74) is 0.235. The molecule has 1 N–H and O–H groups in total. The van der Waals surface area contributed by atoms with Crippen LogP contribution in [0, 0.1) is 0 Å². The second-order valence-electron chi connectivity index (χ2n) is 3.45. The predicted molar refractivity (Wildman–Crippen MR) is 67.2 cm³/mol. The first-order valence-electron chi connectivity index (χ1n) is 5.28. The Balaban J connectivity index is 3.16. The van der Waals surface area contributed by atoms with Crippen molar-refractivity contribution in [1.29, 1.82) is 0 Å². The molecule has 0 amide bonds. The second kappa shape index (κ2) is 6.44. The summed E-state index contributed by atoms with van der Waals surface area (Å²) >= 11 is 0. The van der Waals surface area contributed by atoms with Crippen LogP contribution in [-0.4, -0.2) is 38.2 Å². The van der Waals surface area contributed by atoms with Crippen LogP contribution in [0.3, 0.4) is 0 Å². The molecule has 6 heteroatoms. The van der Waals surface area contributed by atoms with E-state index in [-0.39, 0.29) is 5.56 Å². The molecule has 1 rings (SSSR count). The summed E-state index contributed by atoms with van der Waals surface area (Å²) in [6.07, 6.45) is 0.767. The molecule has 0 saturated carbocycles. The fourth-order valence-corrected chi connectivity index (χ4v) is 1.38. The zero-order chi connectivity index (χ0) is 14.4. The lowest BCUT2D eigenvalue weighted by Crippen LogP contribution is -2.13. The van der Waals surface area contributed by atoms with E-state index in [0.717, 1.165) is 13.2 Å². The van der Waals surface area contributed by atoms with E-state index < -0.39 is 17.5 Å². The Morgan fingerprint density at radius 1 is 1.16 bits per heavy atom. The van der Waals surface area contributed by atoms with Gasteiger partial charge >= 0.3 is 5.97 Å². The first kappa shape index (κ1) is 14.6. The van der Waals surface area contributed by atoms with Gasteiger partial charge < -0.3 is 19.3 Å². The SMILES string of the molecule is COC(=O)C(=O)/C=C(\O)c1cc(OC)ccc1OC. The number of esters is 1. The zero-order valence-corrected chi connectivity index (χ0v) is 10.8. The quantitative estimate of drug-likeness (QED) is 0.375. The average Bonchev–Trinajstić information content (AvgIpc) is 2.45. The minimum Gasteiger partial charge on any atom is -0.507 e. The van der Waals surface area contributed by atoms with Gasteiger partial charge in [0.1, 0.15) is 17.3 Å². The lowest BCUT2D eigenvalue weighted by molar-refractivity contribution is -0.149. The molecule has 0 radical (unpaired) electrons. The average molecular weight is 266 g/mol. The van der Waals surface area contributed by atoms with Crippen LogP contribution in [0.1, 0.15) is 5.56 Å². The Kier molecular flexibility index (Phi) is 4.93. The van der Waals surface area contributed by atoms with Gasteiger partial charge in [-0.25, -0.2) is 4.79 Å². The summed E-state index contributed by atoms with van der Waals surface area (Å²) in [5.74, 6) is -1.63. The molecule has 0 fully saturated rings. The van der Waals surface area contributed by atoms with E-state index in [1.54, 1.807) is 12.1 Å². The third kappa shape index (κ3) is 3.48. The van der Waals surface area contributed by atoms with Gasteiger partial charge in [0.2, 0.25) is 0 Å². The van der Waals surface area contributed by atoms with Gasteiger partial charge in [-0.2, -0.15) is 0 Å². The van der Waals surface area contributed by atoms with E-state index in [4.69, 9.17) is 9.47 Å². The molecule has 1 aromatic carbocycles. The van der Waals surface area contributed by atoms with Crippen LogP contribution in [0.2, 0.25) is 0 Å². The van der Waals surface area contributed by atoms with Crippen molar-refractivity contribution in [2.24, 2.45) is 0 Å². The molecule has 0 aliphatic rings. The van der Waals surface area contributed by atoms with Crippen molar-refractivity contribution in [3.05, 3.63) is 29.8 Å². The van der Waals surface area contributed by atoms with E-state index >= 15 is 0 Å². The highest BCUT2D eigenvalue weighted by atomic mass is 16.5. The number of carbonyl (C=O) groups excluding carboxylic acids is 2. The van der Waals surface area contributed by atoms with E-state index in [1.807, 2.05) is 0 Å². The van der Waals surface area contributed by atoms with Gasteiger partial charge in [0, 0.05) is 6.08 Å². The lowest BCUT2D eigenvalue weighted by Gasteiger charge is -2.09. The maximum atomic E-state index is 11.3. The summed E-state index contributed by atoms with van der Waals surface area (Å²) in [6.45, 7) is 0. The van der Waals surface area contributed by atoms with Crippen molar-refractivity contribution in [2.45, 2.75) is 0 Å². The molecular weight excluding hydrogens is 252 g/mol. The number of rotatable bonds is 5. The van der Waals surface area contributed by atoms with Crippen LogP contribution in [-0.2, 0) is 14.3 Å². The third-order valence-electron chi connectivity index (χ3n) is 2.34. The number of benzene rings is 1.